The molecule has 0 saturated carbocycles. The lowest BCUT2D eigenvalue weighted by molar-refractivity contribution is -0.385. The Morgan fingerprint density at radius 1 is 1.36 bits per heavy atom. The van der Waals surface area contributed by atoms with E-state index in [-0.39, 0.29) is 11.6 Å². The molecule has 118 valence electrons. The molecule has 0 aliphatic rings. The summed E-state index contributed by atoms with van der Waals surface area (Å²) >= 11 is 18.4. The maximum absolute atomic E-state index is 11.0. The van der Waals surface area contributed by atoms with E-state index in [1.54, 1.807) is 18.5 Å². The Bertz CT molecular complexity index is 698. The minimum atomic E-state index is -1.62. The number of alkyl halides is 3. The van der Waals surface area contributed by atoms with Gasteiger partial charge in [-0.1, -0.05) is 60.4 Å². The van der Waals surface area contributed by atoms with Crippen LogP contribution in [0.3, 0.4) is 0 Å². The van der Waals surface area contributed by atoms with Crippen molar-refractivity contribution in [3.05, 3.63) is 46.5 Å². The average molecular weight is 381 g/mol. The molecule has 0 amide bonds. The Labute approximate surface area is 146 Å². The first kappa shape index (κ1) is 17.4. The molecule has 9 heteroatoms. The second kappa shape index (κ2) is 6.66. The van der Waals surface area contributed by atoms with E-state index < -0.39 is 8.05 Å². The van der Waals surface area contributed by atoms with E-state index >= 15 is 0 Å². The van der Waals surface area contributed by atoms with Gasteiger partial charge in [-0.2, -0.15) is 0 Å². The number of hydrogen-bond donors (Lipinski definition) is 0. The molecule has 0 aliphatic heterocycles. The van der Waals surface area contributed by atoms with Gasteiger partial charge in [0.15, 0.2) is 0 Å². The second-order valence-corrected chi connectivity index (χ2v) is 8.98. The van der Waals surface area contributed by atoms with E-state index in [9.17, 15) is 10.1 Å². The molecule has 1 aromatic heterocycles. The Morgan fingerprint density at radius 2 is 2.05 bits per heavy atom. The van der Waals surface area contributed by atoms with E-state index in [2.05, 4.69) is 4.98 Å². The standard InChI is InChI=1S/C13H12Cl3N3O2S/c1-8(2)12-17-5-6-18(12)10-4-3-9(19(20)21)7-11(10)22-13(14,15)16/h3-8H,1-2H3. The van der Waals surface area contributed by atoms with Crippen LogP contribution in [-0.2, 0) is 0 Å². The zero-order valence-corrected chi connectivity index (χ0v) is 14.7. The summed E-state index contributed by atoms with van der Waals surface area (Å²) in [7, 11) is 0. The monoisotopic (exact) mass is 379 g/mol. The molecule has 22 heavy (non-hydrogen) atoms. The molecule has 0 radical (unpaired) electrons. The fourth-order valence-corrected chi connectivity index (χ4v) is 3.42. The SMILES string of the molecule is CC(C)c1nccn1-c1ccc([N+](=O)[O-])cc1SC(Cl)(Cl)Cl. The van der Waals surface area contributed by atoms with Crippen molar-refractivity contribution in [2.45, 2.75) is 27.8 Å². The number of halogens is 3. The van der Waals surface area contributed by atoms with E-state index in [0.29, 0.717) is 10.6 Å². The summed E-state index contributed by atoms with van der Waals surface area (Å²) in [6.45, 7) is 4.01. The largest absolute Gasteiger partial charge is 0.302 e. The van der Waals surface area contributed by atoms with Crippen LogP contribution >= 0.6 is 46.6 Å². The molecule has 0 spiro atoms. The molecule has 0 atom stereocenters. The molecule has 2 rings (SSSR count). The van der Waals surface area contributed by atoms with Gasteiger partial charge in [0.2, 0.25) is 3.12 Å². The number of thioether (sulfide) groups is 1. The lowest BCUT2D eigenvalue weighted by Crippen LogP contribution is -2.05. The molecule has 1 heterocycles. The van der Waals surface area contributed by atoms with Gasteiger partial charge in [0.25, 0.3) is 5.69 Å². The quantitative estimate of drug-likeness (QED) is 0.311. The zero-order chi connectivity index (χ0) is 16.5. The van der Waals surface area contributed by atoms with Gasteiger partial charge >= 0.3 is 0 Å². The van der Waals surface area contributed by atoms with Crippen LogP contribution < -0.4 is 0 Å². The molecule has 0 bridgehead atoms. The van der Waals surface area contributed by atoms with Gasteiger partial charge in [-0.05, 0) is 6.07 Å². The number of hydrogen-bond acceptors (Lipinski definition) is 4. The Kier molecular flexibility index (Phi) is 5.27. The van der Waals surface area contributed by atoms with E-state index in [4.69, 9.17) is 34.8 Å². The fourth-order valence-electron chi connectivity index (χ4n) is 1.97. The van der Waals surface area contributed by atoms with Crippen molar-refractivity contribution < 1.29 is 4.92 Å². The minimum Gasteiger partial charge on any atom is -0.302 e. The first-order valence-electron chi connectivity index (χ1n) is 6.27. The highest BCUT2D eigenvalue weighted by molar-refractivity contribution is 8.04. The van der Waals surface area contributed by atoms with Crippen LogP contribution in [0.25, 0.3) is 5.69 Å². The summed E-state index contributed by atoms with van der Waals surface area (Å²) in [6, 6.07) is 4.44. The Hall–Kier alpha value is -0.950. The van der Waals surface area contributed by atoms with Crippen molar-refractivity contribution in [1.29, 1.82) is 0 Å². The molecule has 2 aromatic rings. The van der Waals surface area contributed by atoms with Crippen molar-refractivity contribution in [3.63, 3.8) is 0 Å². The highest BCUT2D eigenvalue weighted by Gasteiger charge is 2.26. The predicted molar refractivity (Wildman–Crippen MR) is 90.5 cm³/mol. The van der Waals surface area contributed by atoms with E-state index in [0.717, 1.165) is 17.6 Å². The van der Waals surface area contributed by atoms with Gasteiger partial charge in [0.05, 0.1) is 10.6 Å². The molecule has 0 saturated heterocycles. The first-order chi connectivity index (χ1) is 10.2. The maximum atomic E-state index is 11.0. The first-order valence-corrected chi connectivity index (χ1v) is 8.22. The van der Waals surface area contributed by atoms with Crippen molar-refractivity contribution in [2.24, 2.45) is 0 Å². The summed E-state index contributed by atoms with van der Waals surface area (Å²) in [5.74, 6) is 0.996. The normalized spacial score (nSPS) is 11.9. The zero-order valence-electron chi connectivity index (χ0n) is 11.7. The lowest BCUT2D eigenvalue weighted by Gasteiger charge is -2.17. The number of nitro benzene ring substituents is 1. The summed E-state index contributed by atoms with van der Waals surface area (Å²) in [4.78, 5) is 15.3. The molecule has 0 aliphatic carbocycles. The van der Waals surface area contributed by atoms with Gasteiger partial charge in [-0.25, -0.2) is 4.98 Å². The van der Waals surface area contributed by atoms with Crippen molar-refractivity contribution in [3.8, 4) is 5.69 Å². The highest BCUT2D eigenvalue weighted by Crippen LogP contribution is 2.46. The third kappa shape index (κ3) is 4.07. The van der Waals surface area contributed by atoms with Crippen molar-refractivity contribution in [1.82, 2.24) is 9.55 Å². The van der Waals surface area contributed by atoms with Crippen LogP contribution in [0.2, 0.25) is 0 Å². The topological polar surface area (TPSA) is 61.0 Å². The molecule has 0 unspecified atom stereocenters. The van der Waals surface area contributed by atoms with Gasteiger partial charge < -0.3 is 4.57 Å². The Morgan fingerprint density at radius 3 is 2.59 bits per heavy atom. The maximum Gasteiger partial charge on any atom is 0.270 e. The molecule has 0 fully saturated rings. The number of nitro groups is 1. The van der Waals surface area contributed by atoms with E-state index in [1.807, 2.05) is 18.4 Å². The van der Waals surface area contributed by atoms with Crippen LogP contribution in [0.5, 0.6) is 0 Å². The Balaban J connectivity index is 2.59. The summed E-state index contributed by atoms with van der Waals surface area (Å²) < 4.78 is 0.218. The van der Waals surface area contributed by atoms with Crippen molar-refractivity contribution in [2.75, 3.05) is 0 Å². The van der Waals surface area contributed by atoms with Gasteiger partial charge in [0.1, 0.15) is 5.82 Å². The smallest absolute Gasteiger partial charge is 0.270 e. The number of rotatable bonds is 4. The average Bonchev–Trinajstić information content (AvgIpc) is 2.85. The molecule has 0 N–H and O–H groups in total. The number of nitrogens with zero attached hydrogens (tertiary/aromatic N) is 3. The summed E-state index contributed by atoms with van der Waals surface area (Å²) in [5, 5.41) is 11.0. The molecule has 5 nitrogen and oxygen atoms in total. The van der Waals surface area contributed by atoms with Gasteiger partial charge in [0, 0.05) is 35.3 Å². The second-order valence-electron chi connectivity index (χ2n) is 4.77. The summed E-state index contributed by atoms with van der Waals surface area (Å²) in [5.41, 5.74) is 0.620. The van der Waals surface area contributed by atoms with Crippen molar-refractivity contribution >= 4 is 52.3 Å². The predicted octanol–water partition coefficient (Wildman–Crippen LogP) is 5.32. The van der Waals surface area contributed by atoms with E-state index in [1.165, 1.54) is 12.1 Å². The van der Waals surface area contributed by atoms with Crippen LogP contribution in [-0.4, -0.2) is 17.6 Å². The number of benzene rings is 1. The van der Waals surface area contributed by atoms with Crippen LogP contribution in [0, 0.1) is 10.1 Å². The van der Waals surface area contributed by atoms with Crippen LogP contribution in [0.15, 0.2) is 35.5 Å². The van der Waals surface area contributed by atoms with Crippen LogP contribution in [0.1, 0.15) is 25.6 Å². The van der Waals surface area contributed by atoms with Gasteiger partial charge in [-0.3, -0.25) is 10.1 Å². The molecule has 1 aromatic carbocycles. The molecular weight excluding hydrogens is 369 g/mol. The van der Waals surface area contributed by atoms with Gasteiger partial charge in [-0.15, -0.1) is 0 Å². The fraction of sp³-hybridized carbons (Fsp3) is 0.308. The van der Waals surface area contributed by atoms with Crippen LogP contribution in [0.4, 0.5) is 5.69 Å². The third-order valence-corrected chi connectivity index (χ3v) is 4.30. The lowest BCUT2D eigenvalue weighted by atomic mass is 10.2. The summed E-state index contributed by atoms with van der Waals surface area (Å²) in [6.07, 6.45) is 3.44. The number of non-ortho nitro benzene ring substituents is 1. The number of imidazole rings is 1. The minimum absolute atomic E-state index is 0.0632. The number of aromatic nitrogens is 2. The highest BCUT2D eigenvalue weighted by atomic mass is 35.6. The third-order valence-electron chi connectivity index (χ3n) is 2.83. The molecular formula is C13H12Cl3N3O2S.